The van der Waals surface area contributed by atoms with Crippen LogP contribution >= 0.6 is 0 Å². The lowest BCUT2D eigenvalue weighted by atomic mass is 10.1. The van der Waals surface area contributed by atoms with E-state index in [0.717, 1.165) is 31.6 Å². The highest BCUT2D eigenvalue weighted by molar-refractivity contribution is 5.78. The number of benzene rings is 1. The van der Waals surface area contributed by atoms with Crippen molar-refractivity contribution in [1.29, 1.82) is 0 Å². The topological polar surface area (TPSA) is 59.4 Å². The van der Waals surface area contributed by atoms with Crippen molar-refractivity contribution in [2.75, 3.05) is 26.7 Å². The molecule has 1 aliphatic rings. The van der Waals surface area contributed by atoms with Crippen LogP contribution in [0.25, 0.3) is 0 Å². The second-order valence-electron chi connectivity index (χ2n) is 6.52. The lowest BCUT2D eigenvalue weighted by molar-refractivity contribution is -0.122. The van der Waals surface area contributed by atoms with Crippen LogP contribution in [-0.4, -0.2) is 47.3 Å². The Labute approximate surface area is 148 Å². The number of hydrogen-bond donors (Lipinski definition) is 1. The molecule has 0 bridgehead atoms. The average molecular weight is 342 g/mol. The van der Waals surface area contributed by atoms with Crippen LogP contribution in [0.5, 0.6) is 5.75 Å². The maximum Gasteiger partial charge on any atom is 0.234 e. The molecule has 1 saturated heterocycles. The standard InChI is InChI=1S/C19H26N4O2/c1-22-13-16(12-21-22)18-4-3-11-23(18)14-19(24)20-10-9-15-5-7-17(25-2)8-6-15/h5-8,12-13,18H,3-4,9-11,14H2,1-2H3,(H,20,24)/t18-/m1/s1. The Kier molecular flexibility index (Phi) is 5.71. The Morgan fingerprint density at radius 1 is 1.36 bits per heavy atom. The molecule has 6 nitrogen and oxygen atoms in total. The van der Waals surface area contributed by atoms with Gasteiger partial charge in [0.25, 0.3) is 0 Å². The Morgan fingerprint density at radius 3 is 2.84 bits per heavy atom. The predicted octanol–water partition coefficient (Wildman–Crippen LogP) is 1.92. The van der Waals surface area contributed by atoms with Crippen LogP contribution in [-0.2, 0) is 18.3 Å². The van der Waals surface area contributed by atoms with E-state index in [1.165, 1.54) is 11.1 Å². The van der Waals surface area contributed by atoms with Gasteiger partial charge >= 0.3 is 0 Å². The van der Waals surface area contributed by atoms with E-state index in [4.69, 9.17) is 4.74 Å². The van der Waals surface area contributed by atoms with E-state index in [9.17, 15) is 4.79 Å². The molecule has 0 radical (unpaired) electrons. The fraction of sp³-hybridized carbons (Fsp3) is 0.474. The van der Waals surface area contributed by atoms with E-state index in [1.54, 1.807) is 7.11 Å². The van der Waals surface area contributed by atoms with Gasteiger partial charge in [0, 0.05) is 31.4 Å². The highest BCUT2D eigenvalue weighted by Gasteiger charge is 2.28. The molecule has 0 unspecified atom stereocenters. The molecule has 1 atom stereocenters. The number of carbonyl (C=O) groups excluding carboxylic acids is 1. The van der Waals surface area contributed by atoms with Crippen molar-refractivity contribution in [3.8, 4) is 5.75 Å². The summed E-state index contributed by atoms with van der Waals surface area (Å²) < 4.78 is 6.97. The monoisotopic (exact) mass is 342 g/mol. The van der Waals surface area contributed by atoms with Gasteiger partial charge in [-0.25, -0.2) is 0 Å². The smallest absolute Gasteiger partial charge is 0.234 e. The zero-order chi connectivity index (χ0) is 17.6. The van der Waals surface area contributed by atoms with E-state index in [1.807, 2.05) is 48.4 Å². The first-order valence-electron chi connectivity index (χ1n) is 8.78. The van der Waals surface area contributed by atoms with Gasteiger partial charge < -0.3 is 10.1 Å². The minimum absolute atomic E-state index is 0.0873. The van der Waals surface area contributed by atoms with Crippen molar-refractivity contribution in [3.05, 3.63) is 47.8 Å². The molecule has 134 valence electrons. The van der Waals surface area contributed by atoms with Crippen molar-refractivity contribution in [3.63, 3.8) is 0 Å². The second kappa shape index (κ2) is 8.16. The number of likely N-dealkylation sites (tertiary alicyclic amines) is 1. The number of nitrogens with one attached hydrogen (secondary N) is 1. The fourth-order valence-corrected chi connectivity index (χ4v) is 3.38. The largest absolute Gasteiger partial charge is 0.497 e. The summed E-state index contributed by atoms with van der Waals surface area (Å²) >= 11 is 0. The molecule has 3 rings (SSSR count). The maximum atomic E-state index is 12.3. The quantitative estimate of drug-likeness (QED) is 0.835. The first-order chi connectivity index (χ1) is 12.2. The van der Waals surface area contributed by atoms with Gasteiger partial charge in [0.2, 0.25) is 5.91 Å². The molecule has 1 amide bonds. The van der Waals surface area contributed by atoms with E-state index in [2.05, 4.69) is 15.3 Å². The average Bonchev–Trinajstić information content (AvgIpc) is 3.24. The maximum absolute atomic E-state index is 12.3. The van der Waals surface area contributed by atoms with Gasteiger partial charge in [-0.15, -0.1) is 0 Å². The molecule has 1 aromatic heterocycles. The van der Waals surface area contributed by atoms with Crippen LogP contribution in [0.1, 0.15) is 30.0 Å². The molecule has 0 aliphatic carbocycles. The molecule has 1 aromatic carbocycles. The Balaban J connectivity index is 1.45. The predicted molar refractivity (Wildman–Crippen MR) is 96.5 cm³/mol. The van der Waals surface area contributed by atoms with Crippen molar-refractivity contribution in [2.45, 2.75) is 25.3 Å². The second-order valence-corrected chi connectivity index (χ2v) is 6.52. The third-order valence-electron chi connectivity index (χ3n) is 4.71. The van der Waals surface area contributed by atoms with Crippen LogP contribution in [0.3, 0.4) is 0 Å². The number of methoxy groups -OCH3 is 1. The van der Waals surface area contributed by atoms with Crippen molar-refractivity contribution < 1.29 is 9.53 Å². The summed E-state index contributed by atoms with van der Waals surface area (Å²) in [4.78, 5) is 14.5. The first-order valence-corrected chi connectivity index (χ1v) is 8.78. The van der Waals surface area contributed by atoms with E-state index < -0.39 is 0 Å². The van der Waals surface area contributed by atoms with Crippen LogP contribution in [0.4, 0.5) is 0 Å². The van der Waals surface area contributed by atoms with Gasteiger partial charge in [0.15, 0.2) is 0 Å². The van der Waals surface area contributed by atoms with Crippen LogP contribution in [0, 0.1) is 0 Å². The van der Waals surface area contributed by atoms with Gasteiger partial charge in [-0.2, -0.15) is 5.10 Å². The van der Waals surface area contributed by atoms with Gasteiger partial charge in [0.1, 0.15) is 5.75 Å². The van der Waals surface area contributed by atoms with Crippen molar-refractivity contribution in [2.24, 2.45) is 7.05 Å². The number of amides is 1. The normalized spacial score (nSPS) is 17.6. The number of aromatic nitrogens is 2. The Hall–Kier alpha value is -2.34. The molecular weight excluding hydrogens is 316 g/mol. The summed E-state index contributed by atoms with van der Waals surface area (Å²) in [6, 6.07) is 8.26. The molecule has 2 heterocycles. The lowest BCUT2D eigenvalue weighted by Crippen LogP contribution is -2.37. The SMILES string of the molecule is COc1ccc(CCNC(=O)CN2CCC[C@@H]2c2cnn(C)c2)cc1. The third-order valence-corrected chi connectivity index (χ3v) is 4.71. The van der Waals surface area contributed by atoms with E-state index >= 15 is 0 Å². The van der Waals surface area contributed by atoms with Crippen LogP contribution in [0.15, 0.2) is 36.7 Å². The molecule has 1 aliphatic heterocycles. The van der Waals surface area contributed by atoms with Crippen LogP contribution in [0.2, 0.25) is 0 Å². The van der Waals surface area contributed by atoms with Crippen LogP contribution < -0.4 is 10.1 Å². The molecule has 2 aromatic rings. The van der Waals surface area contributed by atoms with Gasteiger partial charge in [-0.05, 0) is 43.5 Å². The number of rotatable bonds is 7. The van der Waals surface area contributed by atoms with Gasteiger partial charge in [-0.1, -0.05) is 12.1 Å². The highest BCUT2D eigenvalue weighted by Crippen LogP contribution is 2.30. The summed E-state index contributed by atoms with van der Waals surface area (Å²) in [6.45, 7) is 2.06. The number of nitrogens with zero attached hydrogens (tertiary/aromatic N) is 3. The van der Waals surface area contributed by atoms with Crippen molar-refractivity contribution >= 4 is 5.91 Å². The van der Waals surface area contributed by atoms with Gasteiger partial charge in [-0.3, -0.25) is 14.4 Å². The summed E-state index contributed by atoms with van der Waals surface area (Å²) in [5, 5.41) is 7.28. The molecule has 25 heavy (non-hydrogen) atoms. The van der Waals surface area contributed by atoms with Gasteiger partial charge in [0.05, 0.1) is 19.9 Å². The third kappa shape index (κ3) is 4.60. The first kappa shape index (κ1) is 17.5. The molecule has 6 heteroatoms. The minimum atomic E-state index is 0.0873. The van der Waals surface area contributed by atoms with E-state index in [-0.39, 0.29) is 5.91 Å². The molecule has 1 N–H and O–H groups in total. The number of hydrogen-bond acceptors (Lipinski definition) is 4. The Bertz CT molecular complexity index is 696. The molecule has 0 spiro atoms. The van der Waals surface area contributed by atoms with E-state index in [0.29, 0.717) is 19.1 Å². The number of aryl methyl sites for hydroxylation is 1. The summed E-state index contributed by atoms with van der Waals surface area (Å²) in [5.41, 5.74) is 2.39. The lowest BCUT2D eigenvalue weighted by Gasteiger charge is -2.22. The summed E-state index contributed by atoms with van der Waals surface area (Å²) in [6.07, 6.45) is 6.99. The molecule has 1 fully saturated rings. The fourth-order valence-electron chi connectivity index (χ4n) is 3.38. The molecule has 0 saturated carbocycles. The Morgan fingerprint density at radius 2 is 2.16 bits per heavy atom. The minimum Gasteiger partial charge on any atom is -0.497 e. The van der Waals surface area contributed by atoms with Crippen molar-refractivity contribution in [1.82, 2.24) is 20.0 Å². The number of ether oxygens (including phenoxy) is 1. The highest BCUT2D eigenvalue weighted by atomic mass is 16.5. The summed E-state index contributed by atoms with van der Waals surface area (Å²) in [7, 11) is 3.58. The number of carbonyl (C=O) groups is 1. The zero-order valence-corrected chi connectivity index (χ0v) is 14.9. The summed E-state index contributed by atoms with van der Waals surface area (Å²) in [5.74, 6) is 0.938. The molecular formula is C19H26N4O2. The zero-order valence-electron chi connectivity index (χ0n) is 14.9.